The van der Waals surface area contributed by atoms with E-state index in [4.69, 9.17) is 20.6 Å². The molecule has 0 radical (unpaired) electrons. The van der Waals surface area contributed by atoms with Crippen molar-refractivity contribution < 1.29 is 24.2 Å². The van der Waals surface area contributed by atoms with Crippen molar-refractivity contribution in [3.63, 3.8) is 0 Å². The van der Waals surface area contributed by atoms with Crippen LogP contribution in [0.15, 0.2) is 35.5 Å². The quantitative estimate of drug-likeness (QED) is 0.140. The third-order valence-electron chi connectivity index (χ3n) is 8.38. The van der Waals surface area contributed by atoms with Crippen molar-refractivity contribution in [2.75, 3.05) is 33.8 Å². The lowest BCUT2D eigenvalue weighted by molar-refractivity contribution is -0.200. The lowest BCUT2D eigenvalue weighted by atomic mass is 9.82. The SMILES string of the molecule is CCC1[C@H](C)C[C@H](OC(=N)/C(Cc2ccc(CCCC(=O)NC(C)(C)C(=O)NCCN(C)C)cc2)=C(\N)C(C)C)O[C@@H]1CO. The zero-order valence-corrected chi connectivity index (χ0v) is 28.2. The van der Waals surface area contributed by atoms with E-state index in [9.17, 15) is 14.7 Å². The van der Waals surface area contributed by atoms with E-state index in [0.717, 1.165) is 30.5 Å². The maximum atomic E-state index is 12.6. The minimum Gasteiger partial charge on any atom is -0.448 e. The van der Waals surface area contributed by atoms with E-state index in [2.05, 4.69) is 24.5 Å². The molecule has 1 aliphatic heterocycles. The number of carbonyl (C=O) groups excluding carboxylic acids is 2. The minimum atomic E-state index is -0.981. The van der Waals surface area contributed by atoms with E-state index in [1.807, 2.05) is 57.1 Å². The topological polar surface area (TPSA) is 150 Å². The van der Waals surface area contributed by atoms with Gasteiger partial charge in [-0.1, -0.05) is 58.4 Å². The Bertz CT molecular complexity index is 1120. The molecule has 1 heterocycles. The molecule has 0 spiro atoms. The standard InChI is InChI=1S/C34H57N5O5/c1-9-26-23(4)19-30(43-28(26)21-40)44-32(36)27(31(35)22(2)3)20-25-15-13-24(14-16-25)11-10-12-29(41)38-34(5,6)33(42)37-17-18-39(7)8/h13-16,22-23,26,28,30,36,40H,9-12,17-21,35H2,1-8H3,(H,37,42)(H,38,41)/b31-27-,36-32?/t23-,26?,28-,30+/m1/s1. The van der Waals surface area contributed by atoms with Gasteiger partial charge >= 0.3 is 0 Å². The summed E-state index contributed by atoms with van der Waals surface area (Å²) >= 11 is 0. The molecule has 0 bridgehead atoms. The Morgan fingerprint density at radius 3 is 2.41 bits per heavy atom. The number of nitrogens with two attached hydrogens (primary N) is 1. The summed E-state index contributed by atoms with van der Waals surface area (Å²) < 4.78 is 12.0. The van der Waals surface area contributed by atoms with Gasteiger partial charge in [-0.05, 0) is 69.7 Å². The molecule has 4 atom stereocenters. The van der Waals surface area contributed by atoms with Crippen LogP contribution in [-0.2, 0) is 31.9 Å². The van der Waals surface area contributed by atoms with Gasteiger partial charge in [0.05, 0.1) is 12.7 Å². The van der Waals surface area contributed by atoms with E-state index >= 15 is 0 Å². The molecule has 248 valence electrons. The number of carbonyl (C=O) groups is 2. The number of aliphatic hydroxyl groups is 1. The smallest absolute Gasteiger partial charge is 0.245 e. The molecule has 6 N–H and O–H groups in total. The molecule has 1 aromatic rings. The lowest BCUT2D eigenvalue weighted by Gasteiger charge is -2.39. The minimum absolute atomic E-state index is 0.00410. The largest absolute Gasteiger partial charge is 0.448 e. The van der Waals surface area contributed by atoms with E-state index < -0.39 is 11.8 Å². The number of aliphatic hydroxyl groups excluding tert-OH is 1. The number of aryl methyl sites for hydroxylation is 1. The third-order valence-corrected chi connectivity index (χ3v) is 8.38. The van der Waals surface area contributed by atoms with Crippen molar-refractivity contribution in [2.45, 2.75) is 98.0 Å². The van der Waals surface area contributed by atoms with Gasteiger partial charge in [-0.15, -0.1) is 0 Å². The summed E-state index contributed by atoms with van der Waals surface area (Å²) in [6.45, 7) is 12.8. The fourth-order valence-electron chi connectivity index (χ4n) is 5.54. The first-order valence-corrected chi connectivity index (χ1v) is 16.0. The molecular formula is C34H57N5O5. The van der Waals surface area contributed by atoms with Crippen molar-refractivity contribution in [2.24, 2.45) is 23.5 Å². The molecule has 1 aliphatic rings. The maximum Gasteiger partial charge on any atom is 0.245 e. The first-order valence-electron chi connectivity index (χ1n) is 16.0. The number of hydrogen-bond acceptors (Lipinski definition) is 8. The van der Waals surface area contributed by atoms with Crippen LogP contribution in [-0.4, -0.2) is 79.4 Å². The van der Waals surface area contributed by atoms with Gasteiger partial charge in [-0.2, -0.15) is 0 Å². The molecule has 0 saturated carbocycles. The predicted octanol–water partition coefficient (Wildman–Crippen LogP) is 3.76. The van der Waals surface area contributed by atoms with E-state index in [0.29, 0.717) is 49.4 Å². The summed E-state index contributed by atoms with van der Waals surface area (Å²) in [5.41, 5.74) is 8.83. The summed E-state index contributed by atoms with van der Waals surface area (Å²) in [4.78, 5) is 27.0. The van der Waals surface area contributed by atoms with Crippen molar-refractivity contribution in [3.05, 3.63) is 46.7 Å². The highest BCUT2D eigenvalue weighted by Crippen LogP contribution is 2.33. The lowest BCUT2D eigenvalue weighted by Crippen LogP contribution is -2.55. The Balaban J connectivity index is 1.94. The Labute approximate surface area is 264 Å². The predicted molar refractivity (Wildman–Crippen MR) is 175 cm³/mol. The van der Waals surface area contributed by atoms with Gasteiger partial charge < -0.3 is 35.8 Å². The van der Waals surface area contributed by atoms with Crippen LogP contribution in [0.3, 0.4) is 0 Å². The number of ether oxygens (including phenoxy) is 2. The highest BCUT2D eigenvalue weighted by Gasteiger charge is 2.36. The van der Waals surface area contributed by atoms with Crippen molar-refractivity contribution in [3.8, 4) is 0 Å². The third kappa shape index (κ3) is 11.5. The second-order valence-electron chi connectivity index (χ2n) is 13.2. The summed E-state index contributed by atoms with van der Waals surface area (Å²) in [5, 5.41) is 24.3. The second-order valence-corrected chi connectivity index (χ2v) is 13.2. The number of rotatable bonds is 16. The van der Waals surface area contributed by atoms with Crippen LogP contribution in [0.5, 0.6) is 0 Å². The normalized spacial score (nSPS) is 21.2. The average Bonchev–Trinajstić information content (AvgIpc) is 2.95. The van der Waals surface area contributed by atoms with Gasteiger partial charge in [0.1, 0.15) is 5.54 Å². The average molecular weight is 616 g/mol. The summed E-state index contributed by atoms with van der Waals surface area (Å²) in [6.07, 6.45) is 2.80. The van der Waals surface area contributed by atoms with Gasteiger partial charge in [-0.3, -0.25) is 15.0 Å². The molecule has 0 aromatic heterocycles. The molecule has 1 saturated heterocycles. The monoisotopic (exact) mass is 615 g/mol. The van der Waals surface area contributed by atoms with Gasteiger partial charge in [0.15, 0.2) is 0 Å². The van der Waals surface area contributed by atoms with Gasteiger partial charge in [-0.25, -0.2) is 0 Å². The highest BCUT2D eigenvalue weighted by atomic mass is 16.7. The first kappa shape index (κ1) is 37.2. The summed E-state index contributed by atoms with van der Waals surface area (Å²) in [7, 11) is 3.88. The van der Waals surface area contributed by atoms with Crippen molar-refractivity contribution >= 4 is 17.7 Å². The molecule has 0 aliphatic carbocycles. The Morgan fingerprint density at radius 2 is 1.84 bits per heavy atom. The fraction of sp³-hybridized carbons (Fsp3) is 0.676. The van der Waals surface area contributed by atoms with Crippen LogP contribution >= 0.6 is 0 Å². The van der Waals surface area contributed by atoms with Crippen molar-refractivity contribution in [1.29, 1.82) is 5.41 Å². The molecule has 2 amide bonds. The number of likely N-dealkylation sites (N-methyl/N-ethyl adjacent to an activating group) is 1. The summed E-state index contributed by atoms with van der Waals surface area (Å²) in [6, 6.07) is 8.10. The molecule has 10 nitrogen and oxygen atoms in total. The molecule has 44 heavy (non-hydrogen) atoms. The molecular weight excluding hydrogens is 558 g/mol. The van der Waals surface area contributed by atoms with Crippen molar-refractivity contribution in [1.82, 2.24) is 15.5 Å². The van der Waals surface area contributed by atoms with Crippen LogP contribution in [0.4, 0.5) is 0 Å². The number of nitrogens with zero attached hydrogens (tertiary/aromatic N) is 1. The van der Waals surface area contributed by atoms with Crippen LogP contribution in [0.25, 0.3) is 0 Å². The number of benzene rings is 1. The van der Waals surface area contributed by atoms with Gasteiger partial charge in [0.2, 0.25) is 24.0 Å². The first-order chi connectivity index (χ1) is 20.7. The summed E-state index contributed by atoms with van der Waals surface area (Å²) in [5.74, 6) is 0.251. The van der Waals surface area contributed by atoms with E-state index in [-0.39, 0.29) is 42.3 Å². The number of nitrogens with one attached hydrogen (secondary N) is 3. The van der Waals surface area contributed by atoms with Gasteiger partial charge in [0.25, 0.3) is 0 Å². The zero-order chi connectivity index (χ0) is 33.0. The molecule has 1 aromatic carbocycles. The Morgan fingerprint density at radius 1 is 1.20 bits per heavy atom. The Kier molecular flexibility index (Phi) is 14.8. The zero-order valence-electron chi connectivity index (χ0n) is 28.2. The molecule has 2 rings (SSSR count). The van der Waals surface area contributed by atoms with Gasteiger partial charge in [0, 0.05) is 43.6 Å². The van der Waals surface area contributed by atoms with Crippen LogP contribution in [0.1, 0.15) is 78.4 Å². The molecule has 10 heteroatoms. The highest BCUT2D eigenvalue weighted by molar-refractivity contribution is 5.92. The van der Waals surface area contributed by atoms with Crippen LogP contribution in [0.2, 0.25) is 0 Å². The molecule has 1 fully saturated rings. The number of hydrogen-bond donors (Lipinski definition) is 5. The van der Waals surface area contributed by atoms with Crippen LogP contribution < -0.4 is 16.4 Å². The number of allylic oxidation sites excluding steroid dienone is 1. The van der Waals surface area contributed by atoms with Crippen LogP contribution in [0, 0.1) is 23.2 Å². The molecule has 1 unspecified atom stereocenters. The van der Waals surface area contributed by atoms with E-state index in [1.54, 1.807) is 13.8 Å². The van der Waals surface area contributed by atoms with E-state index in [1.165, 1.54) is 0 Å². The second kappa shape index (κ2) is 17.5. The fourth-order valence-corrected chi connectivity index (χ4v) is 5.54. The Hall–Kier alpha value is -2.95. The number of amides is 2. The maximum absolute atomic E-state index is 12.6.